The molecule has 7 nitrogen and oxygen atoms in total. The Morgan fingerprint density at radius 2 is 0.860 bits per heavy atom. The van der Waals surface area contributed by atoms with E-state index < -0.39 is 0 Å². The second kappa shape index (κ2) is 14.4. The topological polar surface area (TPSA) is 87.3 Å². The summed E-state index contributed by atoms with van der Waals surface area (Å²) < 4.78 is 0.970. The summed E-state index contributed by atoms with van der Waals surface area (Å²) in [5.74, 6) is -0.661. The van der Waals surface area contributed by atoms with Crippen molar-refractivity contribution in [2.45, 2.75) is 32.6 Å². The number of benzene rings is 4. The third-order valence-corrected chi connectivity index (χ3v) is 7.19. The molecule has 0 aliphatic heterocycles. The van der Waals surface area contributed by atoms with Crippen LogP contribution in [0.3, 0.4) is 0 Å². The van der Waals surface area contributed by atoms with Gasteiger partial charge in [0.25, 0.3) is 17.7 Å². The molecule has 7 heteroatoms. The average molecular weight is 578 g/mol. The second-order valence-electron chi connectivity index (χ2n) is 11.7. The molecule has 0 heterocycles. The number of aryl methyl sites for hydroxylation is 2. The Morgan fingerprint density at radius 1 is 0.512 bits per heavy atom. The number of hydrogen-bond acceptors (Lipinski definition) is 3. The number of carbonyl (C=O) groups excluding carboxylic acids is 3. The normalized spacial score (nSPS) is 11.1. The van der Waals surface area contributed by atoms with Crippen LogP contribution >= 0.6 is 0 Å². The summed E-state index contributed by atoms with van der Waals surface area (Å²) in [6, 6.07) is 29.0. The zero-order valence-corrected chi connectivity index (χ0v) is 25.4. The van der Waals surface area contributed by atoms with Crippen LogP contribution in [-0.2, 0) is 12.8 Å². The molecule has 43 heavy (non-hydrogen) atoms. The highest BCUT2D eigenvalue weighted by molar-refractivity contribution is 6.07. The first-order valence-corrected chi connectivity index (χ1v) is 14.7. The maximum absolute atomic E-state index is 12.8. The van der Waals surface area contributed by atoms with E-state index in [-0.39, 0.29) is 17.7 Å². The van der Waals surface area contributed by atoms with Crippen molar-refractivity contribution in [3.05, 3.63) is 125 Å². The highest BCUT2D eigenvalue weighted by atomic mass is 16.2. The molecule has 0 fully saturated rings. The van der Waals surface area contributed by atoms with Gasteiger partial charge in [0.05, 0.1) is 27.7 Å². The summed E-state index contributed by atoms with van der Waals surface area (Å²) in [6.07, 6.45) is 4.22. The van der Waals surface area contributed by atoms with Crippen LogP contribution in [0.5, 0.6) is 0 Å². The van der Waals surface area contributed by atoms with Crippen molar-refractivity contribution in [2.75, 3.05) is 43.6 Å². The van der Waals surface area contributed by atoms with Gasteiger partial charge in [-0.3, -0.25) is 14.4 Å². The maximum Gasteiger partial charge on any atom is 0.255 e. The van der Waals surface area contributed by atoms with Gasteiger partial charge in [0.1, 0.15) is 0 Å². The Labute approximate surface area is 254 Å². The van der Waals surface area contributed by atoms with Crippen LogP contribution in [0.1, 0.15) is 62.0 Å². The predicted molar refractivity (Wildman–Crippen MR) is 175 cm³/mol. The SMILES string of the molecule is CCc1ccc(C(=O)Nc2ccc(C(=O)Nc3ccc(NC(=O)c4ccc(CCCC[N+](C)(C)C)cc4)cc3)cc2)cc1. The Morgan fingerprint density at radius 3 is 1.23 bits per heavy atom. The summed E-state index contributed by atoms with van der Waals surface area (Å²) in [4.78, 5) is 38.0. The lowest BCUT2D eigenvalue weighted by atomic mass is 10.1. The molecule has 0 radical (unpaired) electrons. The van der Waals surface area contributed by atoms with E-state index in [2.05, 4.69) is 44.0 Å². The minimum absolute atomic E-state index is 0.182. The van der Waals surface area contributed by atoms with E-state index in [4.69, 9.17) is 0 Å². The first-order chi connectivity index (χ1) is 20.6. The molecule has 3 N–H and O–H groups in total. The number of rotatable bonds is 12. The number of unbranched alkanes of at least 4 members (excludes halogenated alkanes) is 1. The van der Waals surface area contributed by atoms with Crippen molar-refractivity contribution < 1.29 is 18.9 Å². The molecule has 4 rings (SSSR count). The number of nitrogens with one attached hydrogen (secondary N) is 3. The highest BCUT2D eigenvalue weighted by Gasteiger charge is 2.11. The summed E-state index contributed by atoms with van der Waals surface area (Å²) in [5, 5.41) is 8.63. The molecule has 222 valence electrons. The van der Waals surface area contributed by atoms with E-state index in [0.717, 1.165) is 30.3 Å². The third-order valence-electron chi connectivity index (χ3n) is 7.19. The van der Waals surface area contributed by atoms with Crippen molar-refractivity contribution in [1.82, 2.24) is 0 Å². The van der Waals surface area contributed by atoms with E-state index in [1.165, 1.54) is 17.5 Å². The van der Waals surface area contributed by atoms with Crippen LogP contribution in [0.25, 0.3) is 0 Å². The van der Waals surface area contributed by atoms with E-state index in [1.54, 1.807) is 60.7 Å². The van der Waals surface area contributed by atoms with Gasteiger partial charge in [-0.1, -0.05) is 31.2 Å². The molecule has 0 aliphatic rings. The van der Waals surface area contributed by atoms with Crippen molar-refractivity contribution in [3.63, 3.8) is 0 Å². The standard InChI is InChI=1S/C36H40N4O3/c1-5-26-9-13-28(14-10-26)34(41)37-31-19-17-30(18-20-31)36(43)39-33-23-21-32(22-24-33)38-35(42)29-15-11-27(12-16-29)8-6-7-25-40(2,3)4/h9-24H,5-8,25H2,1-4H3,(H2-,37,38,39,41,42,43)/p+1. The molecule has 0 spiro atoms. The Kier molecular flexibility index (Phi) is 10.5. The number of anilines is 3. The molecule has 0 saturated heterocycles. The van der Waals surface area contributed by atoms with Gasteiger partial charge < -0.3 is 20.4 Å². The zero-order valence-electron chi connectivity index (χ0n) is 25.4. The van der Waals surface area contributed by atoms with Crippen LogP contribution < -0.4 is 16.0 Å². The zero-order chi connectivity index (χ0) is 30.8. The molecular formula is C36H41N4O3+. The molecule has 4 aromatic carbocycles. The molecule has 0 atom stereocenters. The van der Waals surface area contributed by atoms with Gasteiger partial charge >= 0.3 is 0 Å². The van der Waals surface area contributed by atoms with Gasteiger partial charge in [-0.2, -0.15) is 0 Å². The molecule has 0 aromatic heterocycles. The van der Waals surface area contributed by atoms with E-state index in [9.17, 15) is 14.4 Å². The van der Waals surface area contributed by atoms with Crippen LogP contribution in [-0.4, -0.2) is 49.9 Å². The first-order valence-electron chi connectivity index (χ1n) is 14.7. The average Bonchev–Trinajstić information content (AvgIpc) is 3.00. The van der Waals surface area contributed by atoms with Crippen LogP contribution in [0.2, 0.25) is 0 Å². The lowest BCUT2D eigenvalue weighted by Gasteiger charge is -2.23. The van der Waals surface area contributed by atoms with Gasteiger partial charge in [0.2, 0.25) is 0 Å². The lowest BCUT2D eigenvalue weighted by Crippen LogP contribution is -2.35. The highest BCUT2D eigenvalue weighted by Crippen LogP contribution is 2.18. The van der Waals surface area contributed by atoms with Gasteiger partial charge in [0, 0.05) is 33.8 Å². The van der Waals surface area contributed by atoms with Crippen LogP contribution in [0.15, 0.2) is 97.1 Å². The fraction of sp³-hybridized carbons (Fsp3) is 0.250. The molecule has 3 amide bonds. The summed E-state index contributed by atoms with van der Waals surface area (Å²) >= 11 is 0. The van der Waals surface area contributed by atoms with E-state index >= 15 is 0 Å². The lowest BCUT2D eigenvalue weighted by molar-refractivity contribution is -0.870. The Bertz CT molecular complexity index is 1520. The largest absolute Gasteiger partial charge is 0.331 e. The van der Waals surface area contributed by atoms with Crippen molar-refractivity contribution in [3.8, 4) is 0 Å². The smallest absolute Gasteiger partial charge is 0.255 e. The van der Waals surface area contributed by atoms with E-state index in [0.29, 0.717) is 33.8 Å². The van der Waals surface area contributed by atoms with E-state index in [1.807, 2.05) is 36.4 Å². The van der Waals surface area contributed by atoms with Crippen molar-refractivity contribution in [2.24, 2.45) is 0 Å². The Balaban J connectivity index is 1.24. The summed E-state index contributed by atoms with van der Waals surface area (Å²) in [6.45, 7) is 3.21. The fourth-order valence-corrected chi connectivity index (χ4v) is 4.58. The fourth-order valence-electron chi connectivity index (χ4n) is 4.58. The molecule has 0 unspecified atom stereocenters. The number of hydrogen-bond donors (Lipinski definition) is 3. The molecular weight excluding hydrogens is 536 g/mol. The van der Waals surface area contributed by atoms with Gasteiger partial charge in [-0.15, -0.1) is 0 Å². The Hall–Kier alpha value is -4.75. The quantitative estimate of drug-likeness (QED) is 0.125. The molecule has 0 bridgehead atoms. The van der Waals surface area contributed by atoms with Crippen molar-refractivity contribution in [1.29, 1.82) is 0 Å². The van der Waals surface area contributed by atoms with Crippen LogP contribution in [0.4, 0.5) is 17.1 Å². The first kappa shape index (κ1) is 31.2. The van der Waals surface area contributed by atoms with Gasteiger partial charge in [0.15, 0.2) is 0 Å². The minimum atomic E-state index is -0.276. The summed E-state index contributed by atoms with van der Waals surface area (Å²) in [7, 11) is 6.61. The maximum atomic E-state index is 12.8. The monoisotopic (exact) mass is 577 g/mol. The number of amides is 3. The van der Waals surface area contributed by atoms with Gasteiger partial charge in [-0.05, 0) is 110 Å². The molecule has 0 saturated carbocycles. The van der Waals surface area contributed by atoms with Crippen LogP contribution in [0, 0.1) is 0 Å². The number of carbonyl (C=O) groups is 3. The molecule has 4 aromatic rings. The van der Waals surface area contributed by atoms with Gasteiger partial charge in [-0.25, -0.2) is 0 Å². The summed E-state index contributed by atoms with van der Waals surface area (Å²) in [5.41, 5.74) is 5.88. The third kappa shape index (κ3) is 9.65. The van der Waals surface area contributed by atoms with Crippen molar-refractivity contribution >= 4 is 34.8 Å². The predicted octanol–water partition coefficient (Wildman–Crippen LogP) is 7.03. The second-order valence-corrected chi connectivity index (χ2v) is 11.7. The number of quaternary nitrogens is 1. The number of nitrogens with zero attached hydrogens (tertiary/aromatic N) is 1. The molecule has 0 aliphatic carbocycles. The minimum Gasteiger partial charge on any atom is -0.331 e.